The largest absolute Gasteiger partial charge is 0.347 e. The van der Waals surface area contributed by atoms with E-state index in [2.05, 4.69) is 31.0 Å². The van der Waals surface area contributed by atoms with Crippen LogP contribution in [0.2, 0.25) is 0 Å². The molecule has 0 amide bonds. The minimum Gasteiger partial charge on any atom is -0.347 e. The second-order valence-electron chi connectivity index (χ2n) is 7.40. The Balaban J connectivity index is 1.23. The molecule has 0 unspecified atom stereocenters. The normalized spacial score (nSPS) is 20.9. The predicted molar refractivity (Wildman–Crippen MR) is 102 cm³/mol. The molecule has 6 heteroatoms. The third-order valence-electron chi connectivity index (χ3n) is 5.75. The zero-order valence-corrected chi connectivity index (χ0v) is 15.8. The van der Waals surface area contributed by atoms with Crippen LogP contribution < -0.4 is 4.90 Å². The first-order valence-electron chi connectivity index (χ1n) is 9.44. The summed E-state index contributed by atoms with van der Waals surface area (Å²) < 4.78 is 0. The van der Waals surface area contributed by atoms with Crippen molar-refractivity contribution >= 4 is 16.5 Å². The van der Waals surface area contributed by atoms with Crippen molar-refractivity contribution < 1.29 is 0 Å². The van der Waals surface area contributed by atoms with E-state index in [0.717, 1.165) is 41.6 Å². The molecule has 0 atom stereocenters. The standard InChI is InChI=1S/C19H27N5S/c1-15-21-22-19(25-15)24-11-6-18(7-12-24)17-4-9-23(10-5-17)14-16-3-2-8-20-13-16/h2-3,8,13,17-18H,4-7,9-12,14H2,1H3. The van der Waals surface area contributed by atoms with Gasteiger partial charge in [-0.2, -0.15) is 0 Å². The van der Waals surface area contributed by atoms with Crippen molar-refractivity contribution in [3.8, 4) is 0 Å². The van der Waals surface area contributed by atoms with E-state index in [9.17, 15) is 0 Å². The van der Waals surface area contributed by atoms with E-state index in [0.29, 0.717) is 0 Å². The molecule has 4 heterocycles. The summed E-state index contributed by atoms with van der Waals surface area (Å²) in [6, 6.07) is 4.22. The second kappa shape index (κ2) is 7.79. The molecule has 0 aromatic carbocycles. The highest BCUT2D eigenvalue weighted by molar-refractivity contribution is 7.15. The molecule has 2 fully saturated rings. The zero-order valence-electron chi connectivity index (χ0n) is 15.0. The topological polar surface area (TPSA) is 45.2 Å². The zero-order chi connectivity index (χ0) is 17.1. The van der Waals surface area contributed by atoms with Crippen LogP contribution in [0.5, 0.6) is 0 Å². The maximum absolute atomic E-state index is 4.31. The third kappa shape index (κ3) is 4.18. The molecule has 4 rings (SSSR count). The van der Waals surface area contributed by atoms with Crippen molar-refractivity contribution in [3.63, 3.8) is 0 Å². The summed E-state index contributed by atoms with van der Waals surface area (Å²) in [5.74, 6) is 1.80. The quantitative estimate of drug-likeness (QED) is 0.839. The minimum atomic E-state index is 0.894. The molecule has 2 aromatic heterocycles. The van der Waals surface area contributed by atoms with Gasteiger partial charge in [0.15, 0.2) is 0 Å². The van der Waals surface area contributed by atoms with Crippen LogP contribution in [0.1, 0.15) is 36.3 Å². The van der Waals surface area contributed by atoms with Gasteiger partial charge in [-0.15, -0.1) is 10.2 Å². The van der Waals surface area contributed by atoms with Crippen LogP contribution in [0.15, 0.2) is 24.5 Å². The first-order valence-corrected chi connectivity index (χ1v) is 10.3. The predicted octanol–water partition coefficient (Wildman–Crippen LogP) is 3.37. The Hall–Kier alpha value is -1.53. The first kappa shape index (κ1) is 16.9. The number of aromatic nitrogens is 3. The van der Waals surface area contributed by atoms with E-state index < -0.39 is 0 Å². The summed E-state index contributed by atoms with van der Waals surface area (Å²) in [5, 5.41) is 10.7. The lowest BCUT2D eigenvalue weighted by Gasteiger charge is -2.40. The molecule has 0 saturated carbocycles. The number of nitrogens with zero attached hydrogens (tertiary/aromatic N) is 5. The molecule has 5 nitrogen and oxygen atoms in total. The average molecular weight is 358 g/mol. The van der Waals surface area contributed by atoms with Gasteiger partial charge in [0.1, 0.15) is 5.01 Å². The maximum atomic E-state index is 4.31. The Labute approximate surface area is 154 Å². The summed E-state index contributed by atoms with van der Waals surface area (Å²) in [7, 11) is 0. The van der Waals surface area contributed by atoms with Gasteiger partial charge in [-0.3, -0.25) is 9.88 Å². The molecule has 0 N–H and O–H groups in total. The molecule has 0 bridgehead atoms. The lowest BCUT2D eigenvalue weighted by molar-refractivity contribution is 0.129. The van der Waals surface area contributed by atoms with Gasteiger partial charge in [0.25, 0.3) is 0 Å². The van der Waals surface area contributed by atoms with Gasteiger partial charge in [-0.05, 0) is 69.2 Å². The number of aryl methyl sites for hydroxylation is 1. The van der Waals surface area contributed by atoms with E-state index in [1.54, 1.807) is 11.3 Å². The Morgan fingerprint density at radius 1 is 1.04 bits per heavy atom. The minimum absolute atomic E-state index is 0.894. The van der Waals surface area contributed by atoms with Crippen molar-refractivity contribution in [3.05, 3.63) is 35.1 Å². The number of hydrogen-bond donors (Lipinski definition) is 0. The summed E-state index contributed by atoms with van der Waals surface area (Å²) in [5.41, 5.74) is 1.33. The van der Waals surface area contributed by atoms with Crippen LogP contribution in [0.4, 0.5) is 5.13 Å². The molecule has 0 spiro atoms. The molecular weight excluding hydrogens is 330 g/mol. The maximum Gasteiger partial charge on any atom is 0.208 e. The van der Waals surface area contributed by atoms with Crippen molar-refractivity contribution in [1.29, 1.82) is 0 Å². The lowest BCUT2D eigenvalue weighted by atomic mass is 9.79. The van der Waals surface area contributed by atoms with Crippen LogP contribution in [0.25, 0.3) is 0 Å². The SMILES string of the molecule is Cc1nnc(N2CCC(C3CCN(Cc4cccnc4)CC3)CC2)s1. The van der Waals surface area contributed by atoms with Gasteiger partial charge in [-0.1, -0.05) is 17.4 Å². The molecule has 2 aliphatic rings. The van der Waals surface area contributed by atoms with Crippen molar-refractivity contribution in [2.45, 2.75) is 39.2 Å². The molecule has 0 aliphatic carbocycles. The molecule has 25 heavy (non-hydrogen) atoms. The van der Waals surface area contributed by atoms with Crippen LogP contribution in [0, 0.1) is 18.8 Å². The van der Waals surface area contributed by atoms with Crippen molar-refractivity contribution in [1.82, 2.24) is 20.1 Å². The van der Waals surface area contributed by atoms with E-state index in [1.165, 1.54) is 44.3 Å². The number of hydrogen-bond acceptors (Lipinski definition) is 6. The molecule has 0 radical (unpaired) electrons. The summed E-state index contributed by atoms with van der Waals surface area (Å²) in [6.07, 6.45) is 9.17. The number of anilines is 1. The number of piperidine rings is 2. The van der Waals surface area contributed by atoms with Gasteiger partial charge < -0.3 is 4.90 Å². The fourth-order valence-corrected chi connectivity index (χ4v) is 5.05. The van der Waals surface area contributed by atoms with Crippen molar-refractivity contribution in [2.75, 3.05) is 31.1 Å². The third-order valence-corrected chi connectivity index (χ3v) is 6.65. The Kier molecular flexibility index (Phi) is 5.27. The summed E-state index contributed by atoms with van der Waals surface area (Å²) in [6.45, 7) is 7.84. The highest BCUT2D eigenvalue weighted by Crippen LogP contribution is 2.34. The van der Waals surface area contributed by atoms with Gasteiger partial charge in [0.05, 0.1) is 0 Å². The van der Waals surface area contributed by atoms with Gasteiger partial charge in [-0.25, -0.2) is 0 Å². The van der Waals surface area contributed by atoms with E-state index in [4.69, 9.17) is 0 Å². The highest BCUT2D eigenvalue weighted by atomic mass is 32.1. The average Bonchev–Trinajstić information content (AvgIpc) is 3.10. The molecule has 134 valence electrons. The number of rotatable bonds is 4. The Bertz CT molecular complexity index is 657. The molecule has 2 saturated heterocycles. The fourth-order valence-electron chi connectivity index (χ4n) is 4.31. The van der Waals surface area contributed by atoms with Gasteiger partial charge in [0.2, 0.25) is 5.13 Å². The van der Waals surface area contributed by atoms with Crippen LogP contribution >= 0.6 is 11.3 Å². The first-order chi connectivity index (χ1) is 12.3. The molecule has 2 aromatic rings. The van der Waals surface area contributed by atoms with E-state index in [1.807, 2.05) is 25.4 Å². The Morgan fingerprint density at radius 3 is 2.36 bits per heavy atom. The number of pyridine rings is 1. The van der Waals surface area contributed by atoms with Crippen LogP contribution in [-0.4, -0.2) is 46.3 Å². The fraction of sp³-hybridized carbons (Fsp3) is 0.632. The smallest absolute Gasteiger partial charge is 0.208 e. The lowest BCUT2D eigenvalue weighted by Crippen LogP contribution is -2.40. The Morgan fingerprint density at radius 2 is 1.76 bits per heavy atom. The molecular formula is C19H27N5S. The van der Waals surface area contributed by atoms with Gasteiger partial charge in [0, 0.05) is 32.0 Å². The van der Waals surface area contributed by atoms with Crippen LogP contribution in [-0.2, 0) is 6.54 Å². The second-order valence-corrected chi connectivity index (χ2v) is 8.56. The monoisotopic (exact) mass is 357 g/mol. The van der Waals surface area contributed by atoms with Crippen molar-refractivity contribution in [2.24, 2.45) is 11.8 Å². The van der Waals surface area contributed by atoms with Gasteiger partial charge >= 0.3 is 0 Å². The molecule has 2 aliphatic heterocycles. The summed E-state index contributed by atoms with van der Waals surface area (Å²) >= 11 is 1.72. The summed E-state index contributed by atoms with van der Waals surface area (Å²) in [4.78, 5) is 9.25. The highest BCUT2D eigenvalue weighted by Gasteiger charge is 2.30. The van der Waals surface area contributed by atoms with Crippen LogP contribution in [0.3, 0.4) is 0 Å². The van der Waals surface area contributed by atoms with E-state index in [-0.39, 0.29) is 0 Å². The number of likely N-dealkylation sites (tertiary alicyclic amines) is 1. The van der Waals surface area contributed by atoms with E-state index >= 15 is 0 Å².